The van der Waals surface area contributed by atoms with Gasteiger partial charge >= 0.3 is 0 Å². The molecule has 0 aliphatic heterocycles. The Morgan fingerprint density at radius 2 is 0.877 bits per heavy atom. The first kappa shape index (κ1) is 38.7. The van der Waals surface area contributed by atoms with Gasteiger partial charge in [0.1, 0.15) is 0 Å². The Morgan fingerprint density at radius 3 is 1.45 bits per heavy atom. The van der Waals surface area contributed by atoms with E-state index in [0.29, 0.717) is 0 Å². The maximum Gasteiger partial charge on any atom is 0.0545 e. The van der Waals surface area contributed by atoms with Crippen LogP contribution in [0.5, 0.6) is 0 Å². The number of benzene rings is 9. The Hall–Kier alpha value is -7.92. The Bertz CT molecular complexity index is 3410. The zero-order chi connectivity index (χ0) is 43.3. The Morgan fingerprint density at radius 1 is 0.415 bits per heavy atom. The predicted octanol–water partition coefficient (Wildman–Crippen LogP) is 17.5. The number of thiophene rings is 1. The fourth-order valence-electron chi connectivity index (χ4n) is 9.98. The largest absolute Gasteiger partial charge is 0.314 e. The molecule has 4 heteroatoms. The highest BCUT2D eigenvalue weighted by Gasteiger charge is 2.30. The molecule has 12 rings (SSSR count). The lowest BCUT2D eigenvalue weighted by Crippen LogP contribution is -2.20. The summed E-state index contributed by atoms with van der Waals surface area (Å²) in [6.07, 6.45) is 3.38. The molecule has 65 heavy (non-hydrogen) atoms. The average Bonchev–Trinajstić information content (AvgIpc) is 3.89. The Balaban J connectivity index is 1.05. The lowest BCUT2D eigenvalue weighted by atomic mass is 9.87. The average molecular weight is 852 g/mol. The van der Waals surface area contributed by atoms with E-state index < -0.39 is 0 Å². The van der Waals surface area contributed by atoms with Gasteiger partial charge in [-0.3, -0.25) is 0 Å². The minimum atomic E-state index is 0.270. The van der Waals surface area contributed by atoms with Gasteiger partial charge in [-0.05, 0) is 143 Å². The molecule has 0 N–H and O–H groups in total. The summed E-state index contributed by atoms with van der Waals surface area (Å²) in [4.78, 5) is 4.78. The summed E-state index contributed by atoms with van der Waals surface area (Å²) in [6, 6.07) is 83.7. The summed E-state index contributed by atoms with van der Waals surface area (Å²) in [5, 5.41) is 3.91. The number of para-hydroxylation sites is 4. The molecule has 9 aromatic carbocycles. The first-order chi connectivity index (χ1) is 32.1. The van der Waals surface area contributed by atoms with Gasteiger partial charge in [0.15, 0.2) is 0 Å². The minimum absolute atomic E-state index is 0.270. The molecule has 1 aliphatic carbocycles. The number of nitrogens with zero attached hydrogens (tertiary/aromatic N) is 3. The fraction of sp³-hybridized carbons (Fsp3) is 0.0492. The molecule has 0 saturated carbocycles. The third kappa shape index (κ3) is 7.00. The van der Waals surface area contributed by atoms with Crippen molar-refractivity contribution in [3.05, 3.63) is 247 Å². The highest BCUT2D eigenvalue weighted by molar-refractivity contribution is 7.25. The molecule has 0 radical (unpaired) electrons. The molecule has 310 valence electrons. The molecule has 0 bridgehead atoms. The van der Waals surface area contributed by atoms with Crippen molar-refractivity contribution in [1.82, 2.24) is 4.57 Å². The standard InChI is InChI=1S/C61H45N3S/c1-42-37-53(63(49-23-13-5-14-24-49)50-25-15-6-16-26-50)39-58-61(42)56-41-60-55(54-38-46(31-36-59(54)65-60)45-29-27-44(28-30-45)43-17-7-2-8-18-43)40-57(56)64(58)52-34-32-51(33-35-52)62(47-19-9-3-10-20-47)48-21-11-4-12-22-48/h2-36,38-42H,37H2,1H3. The van der Waals surface area contributed by atoms with Gasteiger partial charge < -0.3 is 14.4 Å². The molecule has 0 spiro atoms. The Labute approximate surface area is 384 Å². The molecule has 2 heterocycles. The van der Waals surface area contributed by atoms with E-state index in [9.17, 15) is 0 Å². The van der Waals surface area contributed by atoms with Crippen molar-refractivity contribution in [1.29, 1.82) is 0 Å². The molecule has 11 aromatic rings. The first-order valence-electron chi connectivity index (χ1n) is 22.5. The van der Waals surface area contributed by atoms with Crippen molar-refractivity contribution < 1.29 is 0 Å². The van der Waals surface area contributed by atoms with E-state index in [1.807, 2.05) is 11.3 Å². The van der Waals surface area contributed by atoms with Crippen LogP contribution in [0, 0.1) is 0 Å². The molecule has 1 aliphatic rings. The van der Waals surface area contributed by atoms with Crippen molar-refractivity contribution in [3.63, 3.8) is 0 Å². The number of hydrogen-bond acceptors (Lipinski definition) is 3. The molecular weight excluding hydrogens is 807 g/mol. The summed E-state index contributed by atoms with van der Waals surface area (Å²) in [7, 11) is 0. The number of rotatable bonds is 9. The van der Waals surface area contributed by atoms with Crippen molar-refractivity contribution in [2.24, 2.45) is 0 Å². The number of hydrogen-bond donors (Lipinski definition) is 0. The lowest BCUT2D eigenvalue weighted by molar-refractivity contribution is 0.731. The molecule has 0 amide bonds. The zero-order valence-corrected chi connectivity index (χ0v) is 36.9. The molecule has 1 unspecified atom stereocenters. The van der Waals surface area contributed by atoms with E-state index in [4.69, 9.17) is 0 Å². The second kappa shape index (κ2) is 16.3. The number of allylic oxidation sites excluding steroid dienone is 1. The highest BCUT2D eigenvalue weighted by atomic mass is 32.1. The van der Waals surface area contributed by atoms with Crippen LogP contribution in [-0.4, -0.2) is 4.57 Å². The van der Waals surface area contributed by atoms with Gasteiger partial charge in [0.05, 0.1) is 11.2 Å². The van der Waals surface area contributed by atoms with Crippen LogP contribution in [-0.2, 0) is 0 Å². The smallest absolute Gasteiger partial charge is 0.0545 e. The van der Waals surface area contributed by atoms with Crippen LogP contribution in [0.15, 0.2) is 236 Å². The maximum atomic E-state index is 2.53. The van der Waals surface area contributed by atoms with Crippen LogP contribution in [0.2, 0.25) is 0 Å². The van der Waals surface area contributed by atoms with Crippen LogP contribution in [0.1, 0.15) is 30.5 Å². The van der Waals surface area contributed by atoms with E-state index in [1.165, 1.54) is 70.3 Å². The van der Waals surface area contributed by atoms with Gasteiger partial charge in [0.25, 0.3) is 0 Å². The number of aromatic nitrogens is 1. The molecule has 3 nitrogen and oxygen atoms in total. The quantitative estimate of drug-likeness (QED) is 0.143. The van der Waals surface area contributed by atoms with Crippen LogP contribution < -0.4 is 9.80 Å². The van der Waals surface area contributed by atoms with E-state index in [-0.39, 0.29) is 5.92 Å². The molecule has 0 saturated heterocycles. The second-order valence-corrected chi connectivity index (χ2v) is 18.1. The summed E-state index contributed by atoms with van der Waals surface area (Å²) in [5.74, 6) is 0.270. The van der Waals surface area contributed by atoms with Gasteiger partial charge in [-0.25, -0.2) is 0 Å². The predicted molar refractivity (Wildman–Crippen MR) is 278 cm³/mol. The Kier molecular flexibility index (Phi) is 9.73. The first-order valence-corrected chi connectivity index (χ1v) is 23.3. The van der Waals surface area contributed by atoms with Crippen LogP contribution in [0.4, 0.5) is 28.4 Å². The van der Waals surface area contributed by atoms with Crippen LogP contribution in [0.25, 0.3) is 65.1 Å². The fourth-order valence-corrected chi connectivity index (χ4v) is 11.1. The SMILES string of the molecule is CC1CC(N(c2ccccc2)c2ccccc2)=Cc2c1c1cc3sc4ccc(-c5ccc(-c6ccccc6)cc5)cc4c3cc1n2-c1ccc(N(c2ccccc2)c2ccccc2)cc1. The van der Waals surface area contributed by atoms with Gasteiger partial charge in [-0.2, -0.15) is 0 Å². The molecular formula is C61H45N3S. The third-order valence-corrected chi connectivity index (χ3v) is 14.1. The van der Waals surface area contributed by atoms with E-state index >= 15 is 0 Å². The van der Waals surface area contributed by atoms with Crippen molar-refractivity contribution in [2.75, 3.05) is 9.80 Å². The van der Waals surface area contributed by atoms with E-state index in [1.54, 1.807) is 0 Å². The summed E-state index contributed by atoms with van der Waals surface area (Å²) in [6.45, 7) is 2.41. The van der Waals surface area contributed by atoms with Crippen molar-refractivity contribution in [2.45, 2.75) is 19.3 Å². The number of anilines is 5. The monoisotopic (exact) mass is 851 g/mol. The second-order valence-electron chi connectivity index (χ2n) is 17.0. The maximum absolute atomic E-state index is 2.53. The minimum Gasteiger partial charge on any atom is -0.314 e. The van der Waals surface area contributed by atoms with Gasteiger partial charge in [-0.1, -0.05) is 140 Å². The zero-order valence-electron chi connectivity index (χ0n) is 36.1. The highest BCUT2D eigenvalue weighted by Crippen LogP contribution is 2.48. The third-order valence-electron chi connectivity index (χ3n) is 13.0. The van der Waals surface area contributed by atoms with Gasteiger partial charge in [0, 0.05) is 65.4 Å². The molecule has 2 aromatic heterocycles. The van der Waals surface area contributed by atoms with Crippen LogP contribution in [0.3, 0.4) is 0 Å². The van der Waals surface area contributed by atoms with Crippen molar-refractivity contribution >= 4 is 76.9 Å². The van der Waals surface area contributed by atoms with E-state index in [2.05, 4.69) is 258 Å². The summed E-state index contributed by atoms with van der Waals surface area (Å²) < 4.78 is 5.15. The summed E-state index contributed by atoms with van der Waals surface area (Å²) in [5.41, 5.74) is 16.9. The van der Waals surface area contributed by atoms with Gasteiger partial charge in [0.2, 0.25) is 0 Å². The molecule has 1 atom stereocenters. The topological polar surface area (TPSA) is 11.4 Å². The number of fused-ring (bicyclic) bond motifs is 6. The van der Waals surface area contributed by atoms with E-state index in [0.717, 1.165) is 40.5 Å². The summed E-state index contributed by atoms with van der Waals surface area (Å²) >= 11 is 1.90. The van der Waals surface area contributed by atoms with Gasteiger partial charge in [-0.15, -0.1) is 11.3 Å². The van der Waals surface area contributed by atoms with Crippen LogP contribution >= 0.6 is 11.3 Å². The molecule has 0 fully saturated rings. The normalized spacial score (nSPS) is 13.5. The lowest BCUT2D eigenvalue weighted by Gasteiger charge is -2.32. The van der Waals surface area contributed by atoms with Crippen molar-refractivity contribution in [3.8, 4) is 27.9 Å².